The quantitative estimate of drug-likeness (QED) is 0.725. The highest BCUT2D eigenvalue weighted by molar-refractivity contribution is 5.66. The van der Waals surface area contributed by atoms with E-state index in [9.17, 15) is 9.90 Å². The molecule has 0 spiro atoms. The van der Waals surface area contributed by atoms with Gasteiger partial charge in [-0.2, -0.15) is 0 Å². The molecule has 3 N–H and O–H groups in total. The Morgan fingerprint density at radius 3 is 2.92 bits per heavy atom. The highest BCUT2D eigenvalue weighted by Gasteiger charge is 2.18. The molecule has 25 heavy (non-hydrogen) atoms. The van der Waals surface area contributed by atoms with Gasteiger partial charge in [-0.1, -0.05) is 5.92 Å². The first-order valence-electron chi connectivity index (χ1n) is 8.27. The molecule has 1 aromatic carbocycles. The van der Waals surface area contributed by atoms with Crippen LogP contribution >= 0.6 is 0 Å². The minimum absolute atomic E-state index is 0.0155. The van der Waals surface area contributed by atoms with Gasteiger partial charge in [0.05, 0.1) is 5.56 Å². The van der Waals surface area contributed by atoms with Crippen LogP contribution in [-0.2, 0) is 7.05 Å². The van der Waals surface area contributed by atoms with Gasteiger partial charge >= 0.3 is 0 Å². The summed E-state index contributed by atoms with van der Waals surface area (Å²) in [6, 6.07) is 5.19. The van der Waals surface area contributed by atoms with Crippen LogP contribution in [0.5, 0.6) is 5.75 Å². The number of benzene rings is 1. The second-order valence-electron chi connectivity index (χ2n) is 6.03. The Hall–Kier alpha value is -2.85. The van der Waals surface area contributed by atoms with Gasteiger partial charge < -0.3 is 15.7 Å². The number of hydrogen-bond acceptors (Lipinski definition) is 6. The maximum Gasteiger partial charge on any atom is 0.296 e. The van der Waals surface area contributed by atoms with Crippen molar-refractivity contribution >= 4 is 5.82 Å². The predicted octanol–water partition coefficient (Wildman–Crippen LogP) is 1.08. The van der Waals surface area contributed by atoms with Gasteiger partial charge in [-0.05, 0) is 44.5 Å². The fourth-order valence-electron chi connectivity index (χ4n) is 2.90. The van der Waals surface area contributed by atoms with Gasteiger partial charge in [-0.3, -0.25) is 9.36 Å². The van der Waals surface area contributed by atoms with Gasteiger partial charge in [0, 0.05) is 25.2 Å². The molecule has 0 amide bonds. The molecule has 1 saturated heterocycles. The van der Waals surface area contributed by atoms with Crippen molar-refractivity contribution in [1.82, 2.24) is 20.1 Å². The molecule has 1 fully saturated rings. The molecule has 130 valence electrons. The molecule has 2 aromatic rings. The molecular weight excluding hydrogens is 318 g/mol. The lowest BCUT2D eigenvalue weighted by molar-refractivity contribution is 0.475. The Balaban J connectivity index is 1.92. The first kappa shape index (κ1) is 17.0. The second-order valence-corrected chi connectivity index (χ2v) is 6.03. The average molecular weight is 339 g/mol. The minimum Gasteiger partial charge on any atom is -0.507 e. The van der Waals surface area contributed by atoms with E-state index in [0.717, 1.165) is 25.9 Å². The Bertz CT molecular complexity index is 889. The lowest BCUT2D eigenvalue weighted by atomic mass is 10.1. The van der Waals surface area contributed by atoms with Gasteiger partial charge in [0.25, 0.3) is 5.56 Å². The molecule has 3 rings (SSSR count). The lowest BCUT2D eigenvalue weighted by Crippen LogP contribution is -2.40. The van der Waals surface area contributed by atoms with Crippen LogP contribution in [0.4, 0.5) is 5.82 Å². The fraction of sp³-hybridized carbons (Fsp3) is 0.389. The van der Waals surface area contributed by atoms with Gasteiger partial charge in [0.2, 0.25) is 5.82 Å². The van der Waals surface area contributed by atoms with Crippen molar-refractivity contribution in [3.63, 3.8) is 0 Å². The number of aromatic nitrogens is 3. The van der Waals surface area contributed by atoms with Gasteiger partial charge in [-0.25, -0.2) is 0 Å². The molecule has 1 atom stereocenters. The van der Waals surface area contributed by atoms with E-state index in [2.05, 4.69) is 32.7 Å². The van der Waals surface area contributed by atoms with E-state index in [1.807, 2.05) is 0 Å². The summed E-state index contributed by atoms with van der Waals surface area (Å²) < 4.78 is 1.39. The molecule has 7 nitrogen and oxygen atoms in total. The van der Waals surface area contributed by atoms with Gasteiger partial charge in [0.1, 0.15) is 5.75 Å². The molecule has 1 aliphatic heterocycles. The third-order valence-corrected chi connectivity index (χ3v) is 4.22. The first-order chi connectivity index (χ1) is 12.1. The lowest BCUT2D eigenvalue weighted by Gasteiger charge is -2.24. The zero-order chi connectivity index (χ0) is 17.8. The van der Waals surface area contributed by atoms with E-state index in [0.29, 0.717) is 17.0 Å². The number of anilines is 1. The normalized spacial score (nSPS) is 16.8. The Morgan fingerprint density at radius 1 is 1.40 bits per heavy atom. The van der Waals surface area contributed by atoms with Crippen LogP contribution in [0.25, 0.3) is 11.4 Å². The van der Waals surface area contributed by atoms with Crippen molar-refractivity contribution in [2.45, 2.75) is 25.8 Å². The molecule has 7 heteroatoms. The van der Waals surface area contributed by atoms with Crippen molar-refractivity contribution in [3.05, 3.63) is 34.1 Å². The molecule has 0 aliphatic carbocycles. The van der Waals surface area contributed by atoms with Crippen molar-refractivity contribution in [3.8, 4) is 29.0 Å². The first-order valence-corrected chi connectivity index (χ1v) is 8.27. The van der Waals surface area contributed by atoms with E-state index in [1.165, 1.54) is 4.57 Å². The Kier molecular flexibility index (Phi) is 5.00. The van der Waals surface area contributed by atoms with Crippen molar-refractivity contribution in [1.29, 1.82) is 0 Å². The van der Waals surface area contributed by atoms with Crippen LogP contribution < -0.4 is 16.2 Å². The van der Waals surface area contributed by atoms with Gasteiger partial charge in [0.15, 0.2) is 5.82 Å². The largest absolute Gasteiger partial charge is 0.507 e. The summed E-state index contributed by atoms with van der Waals surface area (Å²) >= 11 is 0. The number of hydrogen-bond donors (Lipinski definition) is 3. The number of piperidine rings is 1. The second kappa shape index (κ2) is 7.36. The van der Waals surface area contributed by atoms with Crippen LogP contribution in [0.3, 0.4) is 0 Å². The van der Waals surface area contributed by atoms with E-state index in [1.54, 1.807) is 32.2 Å². The SMILES string of the molecule is CC#Cc1ccc(-c2nnc(N[C@@H]3CCCNC3)c(=O)n2C)c(O)c1. The predicted molar refractivity (Wildman–Crippen MR) is 96.4 cm³/mol. The van der Waals surface area contributed by atoms with Crippen LogP contribution in [0.1, 0.15) is 25.3 Å². The average Bonchev–Trinajstić information content (AvgIpc) is 2.61. The number of phenolic OH excluding ortho intramolecular Hbond substituents is 1. The molecule has 1 aliphatic rings. The maximum atomic E-state index is 12.6. The zero-order valence-electron chi connectivity index (χ0n) is 14.3. The Morgan fingerprint density at radius 2 is 2.24 bits per heavy atom. The van der Waals surface area contributed by atoms with E-state index in [-0.39, 0.29) is 23.2 Å². The molecule has 0 saturated carbocycles. The molecule has 2 heterocycles. The summed E-state index contributed by atoms with van der Waals surface area (Å²) in [5, 5.41) is 24.9. The standard InChI is InChI=1S/C18H21N5O2/c1-3-5-12-7-8-14(15(24)10-12)17-22-21-16(18(25)23(17)2)20-13-6-4-9-19-11-13/h7-8,10,13,19,24H,4,6,9,11H2,1-2H3,(H,20,21)/t13-/m1/s1. The molecule has 0 unspecified atom stereocenters. The maximum absolute atomic E-state index is 12.6. The highest BCUT2D eigenvalue weighted by Crippen LogP contribution is 2.27. The number of rotatable bonds is 3. The van der Waals surface area contributed by atoms with Crippen molar-refractivity contribution < 1.29 is 5.11 Å². The van der Waals surface area contributed by atoms with Crippen LogP contribution in [0.15, 0.2) is 23.0 Å². The summed E-state index contributed by atoms with van der Waals surface area (Å²) in [6.07, 6.45) is 2.05. The molecular formula is C18H21N5O2. The van der Waals surface area contributed by atoms with Gasteiger partial charge in [-0.15, -0.1) is 16.1 Å². The van der Waals surface area contributed by atoms with E-state index < -0.39 is 0 Å². The minimum atomic E-state index is -0.271. The molecule has 1 aromatic heterocycles. The van der Waals surface area contributed by atoms with Crippen molar-refractivity contribution in [2.24, 2.45) is 7.05 Å². The molecule has 0 radical (unpaired) electrons. The van der Waals surface area contributed by atoms with Crippen LogP contribution in [0, 0.1) is 11.8 Å². The summed E-state index contributed by atoms with van der Waals surface area (Å²) in [4.78, 5) is 12.6. The molecule has 0 bridgehead atoms. The smallest absolute Gasteiger partial charge is 0.296 e. The monoisotopic (exact) mass is 339 g/mol. The fourth-order valence-corrected chi connectivity index (χ4v) is 2.90. The van der Waals surface area contributed by atoms with Crippen LogP contribution in [-0.4, -0.2) is 39.0 Å². The van der Waals surface area contributed by atoms with E-state index in [4.69, 9.17) is 0 Å². The van der Waals surface area contributed by atoms with Crippen LogP contribution in [0.2, 0.25) is 0 Å². The zero-order valence-corrected chi connectivity index (χ0v) is 14.3. The number of aromatic hydroxyl groups is 1. The number of nitrogens with one attached hydrogen (secondary N) is 2. The third kappa shape index (κ3) is 3.64. The summed E-state index contributed by atoms with van der Waals surface area (Å²) in [5.74, 6) is 6.21. The topological polar surface area (TPSA) is 92.1 Å². The highest BCUT2D eigenvalue weighted by atomic mass is 16.3. The summed E-state index contributed by atoms with van der Waals surface area (Å²) in [7, 11) is 1.62. The third-order valence-electron chi connectivity index (χ3n) is 4.22. The summed E-state index contributed by atoms with van der Waals surface area (Å²) in [5.41, 5.74) is 0.872. The summed E-state index contributed by atoms with van der Waals surface area (Å²) in [6.45, 7) is 3.53. The van der Waals surface area contributed by atoms with E-state index >= 15 is 0 Å². The Labute approximate surface area is 146 Å². The number of nitrogens with zero attached hydrogens (tertiary/aromatic N) is 3. The van der Waals surface area contributed by atoms with Crippen molar-refractivity contribution in [2.75, 3.05) is 18.4 Å². The number of phenols is 1.